The zero-order chi connectivity index (χ0) is 33.1. The molecule has 0 aliphatic heterocycles. The molecule has 4 aromatic rings. The summed E-state index contributed by atoms with van der Waals surface area (Å²) in [5.41, 5.74) is 2.40. The van der Waals surface area contributed by atoms with E-state index in [9.17, 15) is 19.8 Å². The number of ether oxygens (including phenoxy) is 1. The largest absolute Gasteiger partial charge is 0.444 e. The molecule has 2 aromatic carbocycles. The van der Waals surface area contributed by atoms with Crippen LogP contribution in [0.2, 0.25) is 5.02 Å². The minimum absolute atomic E-state index is 0.244. The van der Waals surface area contributed by atoms with Gasteiger partial charge in [-0.05, 0) is 81.0 Å². The van der Waals surface area contributed by atoms with Crippen molar-refractivity contribution >= 4 is 45.9 Å². The highest BCUT2D eigenvalue weighted by atomic mass is 35.5. The molecule has 244 valence electrons. The minimum atomic E-state index is -1.38. The number of nitrogens with one attached hydrogen (secondary N) is 3. The summed E-state index contributed by atoms with van der Waals surface area (Å²) in [6.45, 7) is 5.75. The monoisotopic (exact) mass is 667 g/mol. The van der Waals surface area contributed by atoms with E-state index in [4.69, 9.17) is 16.3 Å². The van der Waals surface area contributed by atoms with Crippen molar-refractivity contribution in [3.63, 3.8) is 0 Å². The van der Waals surface area contributed by atoms with Gasteiger partial charge in [0.25, 0.3) is 5.91 Å². The number of aryl methyl sites for hydroxylation is 2. The minimum Gasteiger partial charge on any atom is -0.444 e. The molecule has 5 N–H and O–H groups in total. The number of hydrogen-bond donors (Lipinski definition) is 5. The Morgan fingerprint density at radius 1 is 0.935 bits per heavy atom. The molecule has 0 aliphatic carbocycles. The molecule has 0 radical (unpaired) electrons. The predicted molar refractivity (Wildman–Crippen MR) is 176 cm³/mol. The Hall–Kier alpha value is -4.17. The van der Waals surface area contributed by atoms with Crippen molar-refractivity contribution in [3.05, 3.63) is 93.1 Å². The highest BCUT2D eigenvalue weighted by Crippen LogP contribution is 2.21. The SMILES string of the molecule is CC(C)(C)OC(=O)NCc1cccc(CC(O)Nc2nnc(CCCCc3ccc(NC(=O)C(O)c4cccc(Cl)c4)nn3)s2)c1. The standard InChI is InChI=1S/C32H38ClN7O5S/c1-32(2,3)45-31(44)34-19-21-9-6-8-20(16-21)17-26(41)36-30-40-39-27(46-30)13-5-4-12-24-14-15-25(38-37-24)35-29(43)28(42)22-10-7-11-23(33)18-22/h6-11,14-16,18,26,28,41-42H,4-5,12-13,17,19H2,1-3H3,(H,34,44)(H,36,40)(H,35,38,43). The molecule has 12 nitrogen and oxygen atoms in total. The second-order valence-corrected chi connectivity index (χ2v) is 13.1. The number of alkyl carbamates (subject to hydrolysis) is 1. The van der Waals surface area contributed by atoms with Crippen molar-refractivity contribution in [2.45, 2.75) is 77.4 Å². The van der Waals surface area contributed by atoms with E-state index in [-0.39, 0.29) is 5.82 Å². The summed E-state index contributed by atoms with van der Waals surface area (Å²) in [5, 5.41) is 47.6. The Balaban J connectivity index is 1.15. The first-order chi connectivity index (χ1) is 21.9. The molecule has 0 saturated carbocycles. The summed E-state index contributed by atoms with van der Waals surface area (Å²) in [6, 6.07) is 17.5. The van der Waals surface area contributed by atoms with Gasteiger partial charge in [0.2, 0.25) is 5.13 Å². The molecule has 2 amide bonds. The topological polar surface area (TPSA) is 171 Å². The van der Waals surface area contributed by atoms with Crippen LogP contribution < -0.4 is 16.0 Å². The first kappa shape index (κ1) is 34.7. The average molecular weight is 668 g/mol. The zero-order valence-corrected chi connectivity index (χ0v) is 27.4. The first-order valence-electron chi connectivity index (χ1n) is 14.8. The molecular formula is C32H38ClN7O5S. The Morgan fingerprint density at radius 2 is 1.70 bits per heavy atom. The van der Waals surface area contributed by atoms with Crippen molar-refractivity contribution in [2.75, 3.05) is 10.6 Å². The molecular weight excluding hydrogens is 630 g/mol. The van der Waals surface area contributed by atoms with Crippen molar-refractivity contribution in [1.82, 2.24) is 25.7 Å². The number of aliphatic hydroxyl groups excluding tert-OH is 2. The lowest BCUT2D eigenvalue weighted by molar-refractivity contribution is -0.124. The van der Waals surface area contributed by atoms with E-state index in [1.165, 1.54) is 17.4 Å². The fourth-order valence-electron chi connectivity index (χ4n) is 4.35. The van der Waals surface area contributed by atoms with Crippen molar-refractivity contribution in [3.8, 4) is 0 Å². The molecule has 2 heterocycles. The first-order valence-corrected chi connectivity index (χ1v) is 16.0. The van der Waals surface area contributed by atoms with Gasteiger partial charge in [-0.25, -0.2) is 4.79 Å². The summed E-state index contributed by atoms with van der Waals surface area (Å²) in [7, 11) is 0. The summed E-state index contributed by atoms with van der Waals surface area (Å²) >= 11 is 7.33. The van der Waals surface area contributed by atoms with Crippen LogP contribution in [0.3, 0.4) is 0 Å². The maximum atomic E-state index is 12.4. The van der Waals surface area contributed by atoms with Crippen LogP contribution in [0.25, 0.3) is 0 Å². The van der Waals surface area contributed by atoms with Crippen LogP contribution >= 0.6 is 22.9 Å². The average Bonchev–Trinajstić information content (AvgIpc) is 3.44. The number of nitrogens with zero attached hydrogens (tertiary/aromatic N) is 4. The lowest BCUT2D eigenvalue weighted by Gasteiger charge is -2.19. The van der Waals surface area contributed by atoms with E-state index in [0.29, 0.717) is 35.1 Å². The number of benzene rings is 2. The quantitative estimate of drug-likeness (QED) is 0.0887. The number of carbonyl (C=O) groups excluding carboxylic acids is 2. The Bertz CT molecular complexity index is 1600. The van der Waals surface area contributed by atoms with Crippen LogP contribution in [0.15, 0.2) is 60.7 Å². The second kappa shape index (κ2) is 16.4. The molecule has 4 rings (SSSR count). The Kier molecular flexibility index (Phi) is 12.4. The van der Waals surface area contributed by atoms with Crippen molar-refractivity contribution < 1.29 is 24.5 Å². The van der Waals surface area contributed by atoms with Gasteiger partial charge in [0.1, 0.15) is 16.8 Å². The third kappa shape index (κ3) is 11.6. The lowest BCUT2D eigenvalue weighted by atomic mass is 10.1. The maximum absolute atomic E-state index is 12.4. The van der Waals surface area contributed by atoms with E-state index >= 15 is 0 Å². The Morgan fingerprint density at radius 3 is 2.43 bits per heavy atom. The lowest BCUT2D eigenvalue weighted by Crippen LogP contribution is -2.32. The van der Waals surface area contributed by atoms with Gasteiger partial charge < -0.3 is 30.9 Å². The fraction of sp³-hybridized carbons (Fsp3) is 0.375. The van der Waals surface area contributed by atoms with E-state index in [1.54, 1.807) is 30.3 Å². The zero-order valence-electron chi connectivity index (χ0n) is 25.9. The van der Waals surface area contributed by atoms with Crippen LogP contribution in [0.4, 0.5) is 15.7 Å². The molecule has 0 aliphatic rings. The van der Waals surface area contributed by atoms with Gasteiger partial charge in [0, 0.05) is 24.4 Å². The van der Waals surface area contributed by atoms with Crippen LogP contribution in [0.5, 0.6) is 0 Å². The van der Waals surface area contributed by atoms with E-state index in [1.807, 2.05) is 45.0 Å². The molecule has 0 bridgehead atoms. The van der Waals surface area contributed by atoms with Crippen LogP contribution in [0.1, 0.15) is 67.1 Å². The maximum Gasteiger partial charge on any atom is 0.407 e. The van der Waals surface area contributed by atoms with Gasteiger partial charge in [-0.2, -0.15) is 5.10 Å². The number of unbranched alkanes of at least 4 members (excludes halogenated alkanes) is 1. The Labute approximate surface area is 276 Å². The van der Waals surface area contributed by atoms with Crippen molar-refractivity contribution in [2.24, 2.45) is 0 Å². The number of aliphatic hydroxyl groups is 2. The number of halogens is 1. The van der Waals surface area contributed by atoms with Gasteiger partial charge >= 0.3 is 6.09 Å². The van der Waals surface area contributed by atoms with Gasteiger partial charge in [-0.15, -0.1) is 15.3 Å². The highest BCUT2D eigenvalue weighted by molar-refractivity contribution is 7.15. The molecule has 2 aromatic heterocycles. The van der Waals surface area contributed by atoms with E-state index in [2.05, 4.69) is 36.3 Å². The number of hydrogen-bond acceptors (Lipinski definition) is 11. The molecule has 46 heavy (non-hydrogen) atoms. The fourth-order valence-corrected chi connectivity index (χ4v) is 5.38. The molecule has 14 heteroatoms. The highest BCUT2D eigenvalue weighted by Gasteiger charge is 2.19. The number of carbonyl (C=O) groups is 2. The normalized spacial score (nSPS) is 12.7. The van der Waals surface area contributed by atoms with Crippen LogP contribution in [0, 0.1) is 0 Å². The molecule has 2 unspecified atom stereocenters. The number of amides is 2. The molecule has 0 saturated heterocycles. The van der Waals surface area contributed by atoms with Gasteiger partial charge in [0.05, 0.1) is 5.69 Å². The number of anilines is 2. The number of aromatic nitrogens is 4. The molecule has 0 fully saturated rings. The van der Waals surface area contributed by atoms with Crippen LogP contribution in [-0.4, -0.2) is 54.4 Å². The summed E-state index contributed by atoms with van der Waals surface area (Å²) in [4.78, 5) is 24.3. The second-order valence-electron chi connectivity index (χ2n) is 11.6. The molecule has 0 spiro atoms. The summed E-state index contributed by atoms with van der Waals surface area (Å²) in [5.74, 6) is -0.379. The molecule has 2 atom stereocenters. The summed E-state index contributed by atoms with van der Waals surface area (Å²) in [6.07, 6.45) is 0.753. The van der Waals surface area contributed by atoms with Crippen LogP contribution in [-0.2, 0) is 35.3 Å². The predicted octanol–water partition coefficient (Wildman–Crippen LogP) is 5.22. The third-order valence-electron chi connectivity index (χ3n) is 6.47. The van der Waals surface area contributed by atoms with E-state index < -0.39 is 29.9 Å². The third-order valence-corrected chi connectivity index (χ3v) is 7.62. The van der Waals surface area contributed by atoms with Crippen molar-refractivity contribution in [1.29, 1.82) is 0 Å². The van der Waals surface area contributed by atoms with Gasteiger partial charge in [0.15, 0.2) is 11.9 Å². The smallest absolute Gasteiger partial charge is 0.407 e. The summed E-state index contributed by atoms with van der Waals surface area (Å²) < 4.78 is 5.27. The van der Waals surface area contributed by atoms with Gasteiger partial charge in [-0.3, -0.25) is 4.79 Å². The number of rotatable bonds is 14. The van der Waals surface area contributed by atoms with Gasteiger partial charge in [-0.1, -0.05) is 59.3 Å². The van der Waals surface area contributed by atoms with E-state index in [0.717, 1.165) is 41.1 Å².